The van der Waals surface area contributed by atoms with E-state index in [0.29, 0.717) is 0 Å². The molecule has 0 unspecified atom stereocenters. The second kappa shape index (κ2) is 4.67. The highest BCUT2D eigenvalue weighted by molar-refractivity contribution is 5.17. The summed E-state index contributed by atoms with van der Waals surface area (Å²) >= 11 is 0. The van der Waals surface area contributed by atoms with Gasteiger partial charge in [0.15, 0.2) is 0 Å². The largest absolute Gasteiger partial charge is 0.247 e. The Morgan fingerprint density at radius 3 is 2.45 bits per heavy atom. The summed E-state index contributed by atoms with van der Waals surface area (Å²) in [6.45, 7) is -0.368. The van der Waals surface area contributed by atoms with Crippen LogP contribution >= 0.6 is 0 Å². The molecule has 0 aliphatic rings. The lowest BCUT2D eigenvalue weighted by atomic mass is 10.1. The Labute approximate surface area is 66.4 Å². The number of alkyl halides is 1. The summed E-state index contributed by atoms with van der Waals surface area (Å²) in [6.07, 6.45) is 4.20. The molecular formula is C10H11F. The maximum atomic E-state index is 11.6. The number of hydrogen-bond acceptors (Lipinski definition) is 0. The van der Waals surface area contributed by atoms with E-state index in [2.05, 4.69) is 0 Å². The first-order valence-electron chi connectivity index (χ1n) is 3.68. The second-order valence-corrected chi connectivity index (χ2v) is 2.32. The van der Waals surface area contributed by atoms with Crippen LogP contribution in [-0.4, -0.2) is 6.67 Å². The molecule has 0 amide bonds. The minimum Gasteiger partial charge on any atom is -0.247 e. The number of halogens is 1. The molecule has 0 radical (unpaired) electrons. The van der Waals surface area contributed by atoms with Crippen LogP contribution in [0.15, 0.2) is 42.5 Å². The average molecular weight is 150 g/mol. The van der Waals surface area contributed by atoms with Gasteiger partial charge in [-0.1, -0.05) is 42.5 Å². The van der Waals surface area contributed by atoms with Crippen LogP contribution in [0.1, 0.15) is 5.56 Å². The minimum atomic E-state index is -0.368. The minimum absolute atomic E-state index is 0.368. The van der Waals surface area contributed by atoms with E-state index in [0.717, 1.165) is 6.42 Å². The van der Waals surface area contributed by atoms with Crippen molar-refractivity contribution in [3.05, 3.63) is 48.0 Å². The molecule has 0 saturated carbocycles. The van der Waals surface area contributed by atoms with Gasteiger partial charge in [0.05, 0.1) is 0 Å². The van der Waals surface area contributed by atoms with Crippen molar-refractivity contribution in [2.24, 2.45) is 0 Å². The molecule has 0 bridgehead atoms. The molecule has 0 heterocycles. The van der Waals surface area contributed by atoms with E-state index in [9.17, 15) is 4.39 Å². The zero-order valence-corrected chi connectivity index (χ0v) is 6.33. The molecule has 0 aliphatic heterocycles. The first kappa shape index (κ1) is 7.99. The predicted octanol–water partition coefficient (Wildman–Crippen LogP) is 2.75. The fraction of sp³-hybridized carbons (Fsp3) is 0.200. The lowest BCUT2D eigenvalue weighted by molar-refractivity contribution is 0.561. The van der Waals surface area contributed by atoms with Crippen molar-refractivity contribution in [1.82, 2.24) is 0 Å². The molecule has 0 atom stereocenters. The van der Waals surface area contributed by atoms with Gasteiger partial charge in [0.25, 0.3) is 0 Å². The number of allylic oxidation sites excluding steroid dienone is 2. The standard InChI is InChI=1S/C10H11F/c11-9-5-4-8-10-6-2-1-3-7-10/h1-7H,8-9H2/b5-4+. The first-order chi connectivity index (χ1) is 5.43. The van der Waals surface area contributed by atoms with Crippen molar-refractivity contribution in [3.63, 3.8) is 0 Å². The van der Waals surface area contributed by atoms with Gasteiger partial charge in [-0.25, -0.2) is 4.39 Å². The molecular weight excluding hydrogens is 139 g/mol. The molecule has 1 aromatic rings. The van der Waals surface area contributed by atoms with Gasteiger partial charge in [-0.05, 0) is 12.0 Å². The number of benzene rings is 1. The smallest absolute Gasteiger partial charge is 0.108 e. The summed E-state index contributed by atoms with van der Waals surface area (Å²) in [6, 6.07) is 10.0. The Kier molecular flexibility index (Phi) is 3.39. The zero-order chi connectivity index (χ0) is 7.94. The van der Waals surface area contributed by atoms with Crippen LogP contribution in [0.5, 0.6) is 0 Å². The van der Waals surface area contributed by atoms with E-state index in [1.807, 2.05) is 36.4 Å². The third-order valence-corrected chi connectivity index (χ3v) is 1.45. The highest BCUT2D eigenvalue weighted by Gasteiger charge is 1.84. The summed E-state index contributed by atoms with van der Waals surface area (Å²) in [7, 11) is 0. The maximum Gasteiger partial charge on any atom is 0.108 e. The molecule has 0 saturated heterocycles. The van der Waals surface area contributed by atoms with Gasteiger partial charge < -0.3 is 0 Å². The molecule has 0 spiro atoms. The van der Waals surface area contributed by atoms with E-state index >= 15 is 0 Å². The molecule has 0 fully saturated rings. The predicted molar refractivity (Wildman–Crippen MR) is 45.3 cm³/mol. The second-order valence-electron chi connectivity index (χ2n) is 2.32. The van der Waals surface area contributed by atoms with Gasteiger partial charge in [0, 0.05) is 0 Å². The van der Waals surface area contributed by atoms with Gasteiger partial charge >= 0.3 is 0 Å². The maximum absolute atomic E-state index is 11.6. The summed E-state index contributed by atoms with van der Waals surface area (Å²) in [5, 5.41) is 0. The van der Waals surface area contributed by atoms with E-state index in [-0.39, 0.29) is 6.67 Å². The monoisotopic (exact) mass is 150 g/mol. The number of rotatable bonds is 3. The summed E-state index contributed by atoms with van der Waals surface area (Å²) < 4.78 is 11.6. The van der Waals surface area contributed by atoms with Gasteiger partial charge in [-0.2, -0.15) is 0 Å². The van der Waals surface area contributed by atoms with Crippen molar-refractivity contribution in [3.8, 4) is 0 Å². The van der Waals surface area contributed by atoms with Crippen LogP contribution in [0.3, 0.4) is 0 Å². The highest BCUT2D eigenvalue weighted by atomic mass is 19.1. The van der Waals surface area contributed by atoms with Gasteiger partial charge in [-0.15, -0.1) is 0 Å². The third-order valence-electron chi connectivity index (χ3n) is 1.45. The zero-order valence-electron chi connectivity index (χ0n) is 6.33. The normalized spacial score (nSPS) is 10.6. The van der Waals surface area contributed by atoms with Gasteiger partial charge in [0.2, 0.25) is 0 Å². The van der Waals surface area contributed by atoms with E-state index in [1.54, 1.807) is 0 Å². The van der Waals surface area contributed by atoms with Gasteiger partial charge in [-0.3, -0.25) is 0 Å². The van der Waals surface area contributed by atoms with Crippen molar-refractivity contribution < 1.29 is 4.39 Å². The van der Waals surface area contributed by atoms with Crippen LogP contribution in [0.25, 0.3) is 0 Å². The van der Waals surface area contributed by atoms with Crippen LogP contribution in [0.2, 0.25) is 0 Å². The molecule has 1 aromatic carbocycles. The SMILES string of the molecule is FC/C=C/Cc1ccccc1. The molecule has 58 valence electrons. The Hall–Kier alpha value is -1.11. The van der Waals surface area contributed by atoms with Crippen molar-refractivity contribution in [2.75, 3.05) is 6.67 Å². The van der Waals surface area contributed by atoms with Crippen LogP contribution < -0.4 is 0 Å². The lowest BCUT2D eigenvalue weighted by Crippen LogP contribution is -1.78. The van der Waals surface area contributed by atoms with E-state index in [1.165, 1.54) is 11.6 Å². The Bertz CT molecular complexity index is 214. The Morgan fingerprint density at radius 2 is 1.82 bits per heavy atom. The van der Waals surface area contributed by atoms with Crippen LogP contribution in [0.4, 0.5) is 4.39 Å². The fourth-order valence-electron chi connectivity index (χ4n) is 0.897. The van der Waals surface area contributed by atoms with Crippen molar-refractivity contribution in [1.29, 1.82) is 0 Å². The van der Waals surface area contributed by atoms with Crippen molar-refractivity contribution >= 4 is 0 Å². The molecule has 0 nitrogen and oxygen atoms in total. The molecule has 1 heteroatoms. The van der Waals surface area contributed by atoms with Crippen LogP contribution in [-0.2, 0) is 6.42 Å². The molecule has 0 aromatic heterocycles. The highest BCUT2D eigenvalue weighted by Crippen LogP contribution is 1.99. The van der Waals surface area contributed by atoms with E-state index < -0.39 is 0 Å². The third kappa shape index (κ3) is 2.99. The Balaban J connectivity index is 2.45. The summed E-state index contributed by atoms with van der Waals surface area (Å²) in [4.78, 5) is 0. The molecule has 11 heavy (non-hydrogen) atoms. The first-order valence-corrected chi connectivity index (χ1v) is 3.68. The Morgan fingerprint density at radius 1 is 1.09 bits per heavy atom. The topological polar surface area (TPSA) is 0 Å². The molecule has 0 N–H and O–H groups in total. The van der Waals surface area contributed by atoms with E-state index in [4.69, 9.17) is 0 Å². The lowest BCUT2D eigenvalue weighted by Gasteiger charge is -1.92. The van der Waals surface area contributed by atoms with Crippen molar-refractivity contribution in [2.45, 2.75) is 6.42 Å². The fourth-order valence-corrected chi connectivity index (χ4v) is 0.897. The quantitative estimate of drug-likeness (QED) is 0.581. The molecule has 0 aliphatic carbocycles. The number of hydrogen-bond donors (Lipinski definition) is 0. The molecule has 1 rings (SSSR count). The summed E-state index contributed by atoms with van der Waals surface area (Å²) in [5.74, 6) is 0. The van der Waals surface area contributed by atoms with Crippen LogP contribution in [0, 0.1) is 0 Å². The van der Waals surface area contributed by atoms with Gasteiger partial charge in [0.1, 0.15) is 6.67 Å². The average Bonchev–Trinajstić information content (AvgIpc) is 2.07. The summed E-state index contributed by atoms with van der Waals surface area (Å²) in [5.41, 5.74) is 1.22.